The fraction of sp³-hybridized carbons (Fsp3) is 0.444. The van der Waals surface area contributed by atoms with Crippen LogP contribution in [0.1, 0.15) is 23.0 Å². The Labute approximate surface area is 142 Å². The summed E-state index contributed by atoms with van der Waals surface area (Å²) in [5.41, 5.74) is 3.11. The first-order valence-electron chi connectivity index (χ1n) is 8.33. The largest absolute Gasteiger partial charge is 0.337 e. The predicted molar refractivity (Wildman–Crippen MR) is 94.9 cm³/mol. The molecule has 1 saturated heterocycles. The minimum atomic E-state index is 0.0183. The molecule has 128 valence electrons. The molecular formula is C18H25N5O. The third-order valence-electron chi connectivity index (χ3n) is 4.52. The molecular weight excluding hydrogens is 302 g/mol. The highest BCUT2D eigenvalue weighted by Gasteiger charge is 2.28. The third kappa shape index (κ3) is 3.66. The van der Waals surface area contributed by atoms with Gasteiger partial charge in [-0.2, -0.15) is 0 Å². The van der Waals surface area contributed by atoms with E-state index in [0.717, 1.165) is 42.3 Å². The molecule has 2 heterocycles. The van der Waals surface area contributed by atoms with Gasteiger partial charge in [-0.15, -0.1) is 0 Å². The molecule has 6 heteroatoms. The van der Waals surface area contributed by atoms with Crippen LogP contribution < -0.4 is 10.6 Å². The average molecular weight is 327 g/mol. The Hall–Kier alpha value is -2.18. The molecule has 1 unspecified atom stereocenters. The van der Waals surface area contributed by atoms with Gasteiger partial charge in [-0.25, -0.2) is 4.98 Å². The zero-order valence-corrected chi connectivity index (χ0v) is 14.5. The summed E-state index contributed by atoms with van der Waals surface area (Å²) in [6.07, 6.45) is 3.75. The Morgan fingerprint density at radius 1 is 1.42 bits per heavy atom. The molecule has 0 radical (unpaired) electrons. The average Bonchev–Trinajstić information content (AvgIpc) is 2.97. The number of anilines is 1. The highest BCUT2D eigenvalue weighted by atomic mass is 16.2. The highest BCUT2D eigenvalue weighted by molar-refractivity contribution is 5.93. The van der Waals surface area contributed by atoms with Crippen molar-refractivity contribution in [2.45, 2.75) is 19.9 Å². The molecule has 1 aliphatic rings. The van der Waals surface area contributed by atoms with Gasteiger partial charge in [-0.05, 0) is 31.0 Å². The second kappa shape index (κ2) is 7.15. The van der Waals surface area contributed by atoms with Gasteiger partial charge in [0.05, 0.1) is 12.6 Å². The van der Waals surface area contributed by atoms with Gasteiger partial charge in [-0.1, -0.05) is 12.1 Å². The first-order valence-corrected chi connectivity index (χ1v) is 8.33. The lowest BCUT2D eigenvalue weighted by Gasteiger charge is -2.35. The number of rotatable bonds is 4. The molecule has 0 aliphatic carbocycles. The quantitative estimate of drug-likeness (QED) is 0.896. The van der Waals surface area contributed by atoms with Crippen LogP contribution >= 0.6 is 0 Å². The lowest BCUT2D eigenvalue weighted by atomic mass is 10.1. The second-order valence-corrected chi connectivity index (χ2v) is 6.45. The number of hydrogen-bond acceptors (Lipinski definition) is 4. The number of amides is 1. The van der Waals surface area contributed by atoms with Crippen molar-refractivity contribution >= 4 is 11.6 Å². The molecule has 1 fully saturated rings. The lowest BCUT2D eigenvalue weighted by molar-refractivity contribution is -0.118. The summed E-state index contributed by atoms with van der Waals surface area (Å²) in [6, 6.07) is 6.22. The molecule has 1 aromatic carbocycles. The topological polar surface area (TPSA) is 62.2 Å². The third-order valence-corrected chi connectivity index (χ3v) is 4.52. The monoisotopic (exact) mass is 327 g/mol. The maximum Gasteiger partial charge on any atom is 0.238 e. The molecule has 2 N–H and O–H groups in total. The smallest absolute Gasteiger partial charge is 0.238 e. The summed E-state index contributed by atoms with van der Waals surface area (Å²) >= 11 is 0. The Bertz CT molecular complexity index is 724. The van der Waals surface area contributed by atoms with E-state index in [-0.39, 0.29) is 11.9 Å². The first-order chi connectivity index (χ1) is 11.5. The molecule has 0 saturated carbocycles. The number of nitrogens with one attached hydrogen (secondary N) is 2. The van der Waals surface area contributed by atoms with Crippen LogP contribution in [0.3, 0.4) is 0 Å². The van der Waals surface area contributed by atoms with E-state index in [1.165, 1.54) is 0 Å². The van der Waals surface area contributed by atoms with Crippen molar-refractivity contribution < 1.29 is 4.79 Å². The number of carbonyl (C=O) groups is 1. The van der Waals surface area contributed by atoms with E-state index in [2.05, 4.69) is 26.6 Å². The number of benzene rings is 1. The van der Waals surface area contributed by atoms with Gasteiger partial charge in [0.1, 0.15) is 5.82 Å². The highest BCUT2D eigenvalue weighted by Crippen LogP contribution is 2.21. The predicted octanol–water partition coefficient (Wildman–Crippen LogP) is 1.62. The van der Waals surface area contributed by atoms with Gasteiger partial charge < -0.3 is 15.2 Å². The van der Waals surface area contributed by atoms with E-state index >= 15 is 0 Å². The number of aromatic nitrogens is 2. The standard InChI is InChI=1S/C18H25N5O/c1-13-4-5-14(2)15(10-13)21-17(24)12-23-9-6-19-11-16(23)18-20-7-8-22(18)3/h4-5,7-8,10,16,19H,6,9,11-12H2,1-3H3,(H,21,24). The summed E-state index contributed by atoms with van der Waals surface area (Å²) < 4.78 is 2.02. The normalized spacial score (nSPS) is 18.5. The van der Waals surface area contributed by atoms with Crippen molar-refractivity contribution in [3.63, 3.8) is 0 Å². The number of nitrogens with zero attached hydrogens (tertiary/aromatic N) is 3. The zero-order valence-electron chi connectivity index (χ0n) is 14.5. The SMILES string of the molecule is Cc1ccc(C)c(NC(=O)CN2CCNCC2c2nccn2C)c1. The number of aryl methyl sites for hydroxylation is 3. The molecule has 1 aliphatic heterocycles. The second-order valence-electron chi connectivity index (χ2n) is 6.45. The minimum absolute atomic E-state index is 0.0183. The molecule has 1 atom stereocenters. The first kappa shape index (κ1) is 16.7. The van der Waals surface area contributed by atoms with E-state index in [9.17, 15) is 4.79 Å². The van der Waals surface area contributed by atoms with Crippen LogP contribution in [0.15, 0.2) is 30.6 Å². The van der Waals surface area contributed by atoms with Crippen LogP contribution in [0.2, 0.25) is 0 Å². The van der Waals surface area contributed by atoms with Crippen LogP contribution in [-0.4, -0.2) is 46.5 Å². The molecule has 3 rings (SSSR count). The van der Waals surface area contributed by atoms with Crippen molar-refractivity contribution in [1.82, 2.24) is 19.8 Å². The Morgan fingerprint density at radius 2 is 2.25 bits per heavy atom. The Kier molecular flexibility index (Phi) is 4.97. The number of imidazole rings is 1. The molecule has 24 heavy (non-hydrogen) atoms. The van der Waals surface area contributed by atoms with E-state index in [1.54, 1.807) is 6.20 Å². The Morgan fingerprint density at radius 3 is 3.00 bits per heavy atom. The van der Waals surface area contributed by atoms with Gasteiger partial charge in [-0.3, -0.25) is 9.69 Å². The van der Waals surface area contributed by atoms with Gasteiger partial charge >= 0.3 is 0 Å². The van der Waals surface area contributed by atoms with Crippen LogP contribution in [-0.2, 0) is 11.8 Å². The molecule has 2 aromatic rings. The van der Waals surface area contributed by atoms with Crippen LogP contribution in [0, 0.1) is 13.8 Å². The van der Waals surface area contributed by atoms with Crippen LogP contribution in [0.4, 0.5) is 5.69 Å². The molecule has 0 bridgehead atoms. The van der Waals surface area contributed by atoms with E-state index < -0.39 is 0 Å². The van der Waals surface area contributed by atoms with Crippen LogP contribution in [0.25, 0.3) is 0 Å². The van der Waals surface area contributed by atoms with Crippen molar-refractivity contribution in [3.8, 4) is 0 Å². The van der Waals surface area contributed by atoms with Crippen molar-refractivity contribution in [3.05, 3.63) is 47.5 Å². The minimum Gasteiger partial charge on any atom is -0.337 e. The van der Waals surface area contributed by atoms with Gasteiger partial charge in [0.15, 0.2) is 0 Å². The lowest BCUT2D eigenvalue weighted by Crippen LogP contribution is -2.49. The summed E-state index contributed by atoms with van der Waals surface area (Å²) in [5, 5.41) is 6.44. The van der Waals surface area contributed by atoms with Crippen LogP contribution in [0.5, 0.6) is 0 Å². The summed E-state index contributed by atoms with van der Waals surface area (Å²) in [7, 11) is 1.99. The fourth-order valence-electron chi connectivity index (χ4n) is 3.13. The van der Waals surface area contributed by atoms with Gasteiger partial charge in [0.25, 0.3) is 0 Å². The molecule has 1 amide bonds. The van der Waals surface area contributed by atoms with E-state index in [4.69, 9.17) is 0 Å². The number of carbonyl (C=O) groups excluding carboxylic acids is 1. The summed E-state index contributed by atoms with van der Waals surface area (Å²) in [5.74, 6) is 1.01. The van der Waals surface area contributed by atoms with Gasteiger partial charge in [0.2, 0.25) is 5.91 Å². The summed E-state index contributed by atoms with van der Waals surface area (Å²) in [4.78, 5) is 19.2. The zero-order chi connectivity index (χ0) is 17.1. The number of hydrogen-bond donors (Lipinski definition) is 2. The van der Waals surface area contributed by atoms with Crippen molar-refractivity contribution in [1.29, 1.82) is 0 Å². The number of piperazine rings is 1. The maximum absolute atomic E-state index is 12.5. The van der Waals surface area contributed by atoms with Crippen molar-refractivity contribution in [2.24, 2.45) is 7.05 Å². The summed E-state index contributed by atoms with van der Waals surface area (Å²) in [6.45, 7) is 6.93. The van der Waals surface area contributed by atoms with Crippen molar-refractivity contribution in [2.75, 3.05) is 31.5 Å². The molecule has 1 aromatic heterocycles. The molecule has 0 spiro atoms. The Balaban J connectivity index is 1.70. The van der Waals surface area contributed by atoms with Gasteiger partial charge in [0, 0.05) is 44.8 Å². The fourth-order valence-corrected chi connectivity index (χ4v) is 3.13. The van der Waals surface area contributed by atoms with E-state index in [0.29, 0.717) is 6.54 Å². The van der Waals surface area contributed by atoms with E-state index in [1.807, 2.05) is 43.8 Å². The maximum atomic E-state index is 12.5. The molecule has 6 nitrogen and oxygen atoms in total.